The number of urea groups is 1. The Morgan fingerprint density at radius 1 is 1.24 bits per heavy atom. The number of carbonyl (C=O) groups is 1. The summed E-state index contributed by atoms with van der Waals surface area (Å²) in [7, 11) is 0. The first-order valence-electron chi connectivity index (χ1n) is 11.5. The van der Waals surface area contributed by atoms with E-state index in [2.05, 4.69) is 34.3 Å². The molecule has 1 unspecified atom stereocenters. The average Bonchev–Trinajstić information content (AvgIpc) is 3.21. The van der Waals surface area contributed by atoms with Crippen LogP contribution in [0.3, 0.4) is 0 Å². The molecule has 0 saturated carbocycles. The number of fused-ring (bicyclic) bond motifs is 1. The number of nitrogens with zero attached hydrogens (tertiary/aromatic N) is 2. The van der Waals surface area contributed by atoms with Crippen LogP contribution in [0.15, 0.2) is 47.3 Å². The Morgan fingerprint density at radius 3 is 2.82 bits per heavy atom. The van der Waals surface area contributed by atoms with Crippen molar-refractivity contribution >= 4 is 34.2 Å². The largest absolute Gasteiger partial charge is 0.322 e. The Bertz CT molecular complexity index is 1220. The summed E-state index contributed by atoms with van der Waals surface area (Å²) in [4.78, 5) is 33.5. The minimum Gasteiger partial charge on any atom is -0.321 e. The molecule has 0 spiro atoms. The van der Waals surface area contributed by atoms with Gasteiger partial charge in [-0.1, -0.05) is 36.2 Å². The molecule has 174 valence electrons. The summed E-state index contributed by atoms with van der Waals surface area (Å²) in [6.45, 7) is 8.97. The minimum absolute atomic E-state index is 0.159. The molecule has 1 saturated heterocycles. The second-order valence-corrected chi connectivity index (χ2v) is 9.35. The molecule has 7 heteroatoms. The predicted octanol–water partition coefficient (Wildman–Crippen LogP) is 5.32. The van der Waals surface area contributed by atoms with Gasteiger partial charge in [0.05, 0.1) is 12.1 Å². The number of aryl methyl sites for hydroxylation is 2. The Hall–Kier alpha value is -2.83. The Morgan fingerprint density at radius 2 is 2.06 bits per heavy atom. The maximum Gasteiger partial charge on any atom is 0.322 e. The van der Waals surface area contributed by atoms with E-state index in [0.29, 0.717) is 22.8 Å². The summed E-state index contributed by atoms with van der Waals surface area (Å²) >= 11 is 6.10. The van der Waals surface area contributed by atoms with E-state index in [4.69, 9.17) is 11.6 Å². The molecule has 1 atom stereocenters. The average molecular weight is 467 g/mol. The fourth-order valence-corrected chi connectivity index (χ4v) is 5.01. The van der Waals surface area contributed by atoms with E-state index in [1.54, 1.807) is 23.1 Å². The molecule has 2 amide bonds. The summed E-state index contributed by atoms with van der Waals surface area (Å²) in [5.41, 5.74) is 4.07. The Kier molecular flexibility index (Phi) is 7.05. The first kappa shape index (κ1) is 23.3. The van der Waals surface area contributed by atoms with Crippen molar-refractivity contribution in [3.63, 3.8) is 0 Å². The topological polar surface area (TPSA) is 68.4 Å². The molecule has 2 aromatic carbocycles. The number of aromatic nitrogens is 1. The summed E-state index contributed by atoms with van der Waals surface area (Å²) < 4.78 is 0. The summed E-state index contributed by atoms with van der Waals surface area (Å²) in [5.74, 6) is 0. The van der Waals surface area contributed by atoms with Crippen LogP contribution in [0.5, 0.6) is 0 Å². The highest BCUT2D eigenvalue weighted by molar-refractivity contribution is 6.30. The maximum atomic E-state index is 13.3. The fraction of sp³-hybridized carbons (Fsp3) is 0.385. The lowest BCUT2D eigenvalue weighted by Gasteiger charge is -2.30. The molecule has 2 N–H and O–H groups in total. The third-order valence-electron chi connectivity index (χ3n) is 6.43. The maximum absolute atomic E-state index is 13.3. The van der Waals surface area contributed by atoms with Crippen LogP contribution in [-0.4, -0.2) is 46.5 Å². The smallest absolute Gasteiger partial charge is 0.321 e. The van der Waals surface area contributed by atoms with Gasteiger partial charge in [0.1, 0.15) is 0 Å². The number of hydrogen-bond acceptors (Lipinski definition) is 3. The second kappa shape index (κ2) is 9.98. The van der Waals surface area contributed by atoms with Gasteiger partial charge in [-0.05, 0) is 81.1 Å². The van der Waals surface area contributed by atoms with Crippen LogP contribution in [0.1, 0.15) is 36.5 Å². The van der Waals surface area contributed by atoms with Crippen molar-refractivity contribution in [1.82, 2.24) is 14.8 Å². The molecule has 1 aromatic heterocycles. The van der Waals surface area contributed by atoms with Crippen molar-refractivity contribution < 1.29 is 4.79 Å². The van der Waals surface area contributed by atoms with Gasteiger partial charge in [0.25, 0.3) is 5.56 Å². The van der Waals surface area contributed by atoms with Gasteiger partial charge < -0.3 is 15.2 Å². The van der Waals surface area contributed by atoms with Crippen molar-refractivity contribution in [2.45, 2.75) is 46.2 Å². The number of halogens is 1. The summed E-state index contributed by atoms with van der Waals surface area (Å²) in [6, 6.07) is 13.2. The minimum atomic E-state index is -0.236. The Labute approximate surface area is 199 Å². The molecule has 4 rings (SSSR count). The van der Waals surface area contributed by atoms with Crippen LogP contribution >= 0.6 is 11.6 Å². The lowest BCUT2D eigenvalue weighted by atomic mass is 10.0. The molecular weight excluding hydrogens is 436 g/mol. The van der Waals surface area contributed by atoms with Gasteiger partial charge >= 0.3 is 6.03 Å². The number of anilines is 1. The van der Waals surface area contributed by atoms with E-state index in [1.165, 1.54) is 0 Å². The standard InChI is InChI=1S/C26H31ClN4O2/c1-4-30-10-6-9-23(30)16-31(26(33)28-22-8-5-7-21(27)14-22)15-20-13-19-12-17(2)11-18(3)24(19)29-25(20)32/h5,7-8,11-14,23H,4,6,9-10,15-16H2,1-3H3,(H,28,33)(H,29,32). The van der Waals surface area contributed by atoms with Gasteiger partial charge in [-0.25, -0.2) is 4.79 Å². The number of aromatic amines is 1. The number of H-pyrrole nitrogens is 1. The highest BCUT2D eigenvalue weighted by Gasteiger charge is 2.28. The van der Waals surface area contributed by atoms with Crippen LogP contribution < -0.4 is 10.9 Å². The molecule has 1 aliphatic heterocycles. The number of pyridine rings is 1. The molecule has 0 radical (unpaired) electrons. The molecule has 1 fully saturated rings. The number of carbonyl (C=O) groups excluding carboxylic acids is 1. The van der Waals surface area contributed by atoms with E-state index in [9.17, 15) is 9.59 Å². The van der Waals surface area contributed by atoms with Gasteiger partial charge in [-0.3, -0.25) is 9.69 Å². The van der Waals surface area contributed by atoms with Crippen LogP contribution in [0.4, 0.5) is 10.5 Å². The van der Waals surface area contributed by atoms with E-state index in [-0.39, 0.29) is 24.2 Å². The van der Waals surface area contributed by atoms with Crippen molar-refractivity contribution in [3.05, 3.63) is 74.5 Å². The van der Waals surface area contributed by atoms with Gasteiger partial charge in [-0.2, -0.15) is 0 Å². The van der Waals surface area contributed by atoms with Crippen molar-refractivity contribution in [2.75, 3.05) is 25.0 Å². The normalized spacial score (nSPS) is 16.3. The molecule has 0 bridgehead atoms. The number of nitrogens with one attached hydrogen (secondary N) is 2. The molecular formula is C26H31ClN4O2. The summed E-state index contributed by atoms with van der Waals surface area (Å²) in [5, 5.41) is 4.50. The zero-order valence-corrected chi connectivity index (χ0v) is 20.2. The van der Waals surface area contributed by atoms with E-state index >= 15 is 0 Å². The molecule has 33 heavy (non-hydrogen) atoms. The van der Waals surface area contributed by atoms with Gasteiger partial charge in [0.2, 0.25) is 0 Å². The SMILES string of the molecule is CCN1CCCC1CN(Cc1cc2cc(C)cc(C)c2[nH]c1=O)C(=O)Nc1cccc(Cl)c1. The van der Waals surface area contributed by atoms with Crippen LogP contribution in [-0.2, 0) is 6.54 Å². The number of rotatable bonds is 6. The van der Waals surface area contributed by atoms with Crippen molar-refractivity contribution in [3.8, 4) is 0 Å². The zero-order chi connectivity index (χ0) is 23.5. The first-order valence-corrected chi connectivity index (χ1v) is 11.9. The first-order chi connectivity index (χ1) is 15.8. The van der Waals surface area contributed by atoms with E-state index in [0.717, 1.165) is 48.0 Å². The van der Waals surface area contributed by atoms with Crippen molar-refractivity contribution in [2.24, 2.45) is 0 Å². The number of likely N-dealkylation sites (N-methyl/N-ethyl adjacent to an activating group) is 1. The quantitative estimate of drug-likeness (QED) is 0.516. The number of amides is 2. The van der Waals surface area contributed by atoms with Crippen LogP contribution in [0.25, 0.3) is 10.9 Å². The molecule has 2 heterocycles. The Balaban J connectivity index is 1.64. The van der Waals surface area contributed by atoms with Crippen LogP contribution in [0, 0.1) is 13.8 Å². The molecule has 0 aliphatic carbocycles. The number of likely N-dealkylation sites (tertiary alicyclic amines) is 1. The van der Waals surface area contributed by atoms with E-state index in [1.807, 2.05) is 26.0 Å². The highest BCUT2D eigenvalue weighted by atomic mass is 35.5. The predicted molar refractivity (Wildman–Crippen MR) is 135 cm³/mol. The molecule has 6 nitrogen and oxygen atoms in total. The third-order valence-corrected chi connectivity index (χ3v) is 6.67. The zero-order valence-electron chi connectivity index (χ0n) is 19.5. The summed E-state index contributed by atoms with van der Waals surface area (Å²) in [6.07, 6.45) is 2.17. The lowest BCUT2D eigenvalue weighted by Crippen LogP contribution is -2.45. The van der Waals surface area contributed by atoms with Gasteiger partial charge in [-0.15, -0.1) is 0 Å². The van der Waals surface area contributed by atoms with Crippen LogP contribution in [0.2, 0.25) is 5.02 Å². The number of benzene rings is 2. The lowest BCUT2D eigenvalue weighted by molar-refractivity contribution is 0.174. The molecule has 3 aromatic rings. The molecule has 1 aliphatic rings. The van der Waals surface area contributed by atoms with Gasteiger partial charge in [0, 0.05) is 28.9 Å². The van der Waals surface area contributed by atoms with Crippen molar-refractivity contribution in [1.29, 1.82) is 0 Å². The van der Waals surface area contributed by atoms with Gasteiger partial charge in [0.15, 0.2) is 0 Å². The second-order valence-electron chi connectivity index (χ2n) is 8.92. The number of hydrogen-bond donors (Lipinski definition) is 2. The van der Waals surface area contributed by atoms with E-state index < -0.39 is 0 Å². The monoisotopic (exact) mass is 466 g/mol. The third kappa shape index (κ3) is 5.40. The highest BCUT2D eigenvalue weighted by Crippen LogP contribution is 2.22. The fourth-order valence-electron chi connectivity index (χ4n) is 4.82.